The van der Waals surface area contributed by atoms with Crippen LogP contribution in [0.3, 0.4) is 0 Å². The molecule has 3 rings (SSSR count). The minimum absolute atomic E-state index is 0.163. The van der Waals surface area contributed by atoms with Crippen LogP contribution in [-0.2, 0) is 14.8 Å². The molecule has 0 bridgehead atoms. The molecule has 0 aliphatic heterocycles. The van der Waals surface area contributed by atoms with Gasteiger partial charge in [-0.2, -0.15) is 0 Å². The molecule has 2 N–H and O–H groups in total. The van der Waals surface area contributed by atoms with Gasteiger partial charge < -0.3 is 5.32 Å². The Balaban J connectivity index is 1.83. The first kappa shape index (κ1) is 22.3. The van der Waals surface area contributed by atoms with Crippen molar-refractivity contribution < 1.29 is 13.2 Å². The molecule has 0 radical (unpaired) electrons. The van der Waals surface area contributed by atoms with Crippen LogP contribution in [0.25, 0.3) is 11.3 Å². The average molecular weight is 482 g/mol. The Morgan fingerprint density at radius 1 is 1.17 bits per heavy atom. The van der Waals surface area contributed by atoms with Crippen molar-refractivity contribution in [3.8, 4) is 11.3 Å². The summed E-state index contributed by atoms with van der Waals surface area (Å²) < 4.78 is 28.4. The number of hydrogen-bond acceptors (Lipinski definition) is 5. The van der Waals surface area contributed by atoms with Crippen molar-refractivity contribution in [1.82, 2.24) is 4.98 Å². The first-order chi connectivity index (χ1) is 14.2. The average Bonchev–Trinajstić information content (AvgIpc) is 3.12. The Labute approximate surface area is 188 Å². The lowest BCUT2D eigenvalue weighted by Crippen LogP contribution is -2.20. The number of hydrogen-bond donors (Lipinski definition) is 2. The molecule has 0 aliphatic carbocycles. The minimum atomic E-state index is -3.95. The largest absolute Gasteiger partial charge is 0.326 e. The molecule has 1 amide bonds. The maximum absolute atomic E-state index is 13.0. The summed E-state index contributed by atoms with van der Waals surface area (Å²) in [5.74, 6) is -0.163. The van der Waals surface area contributed by atoms with Gasteiger partial charge in [-0.15, -0.1) is 17.9 Å². The molecule has 0 fully saturated rings. The van der Waals surface area contributed by atoms with E-state index in [1.54, 1.807) is 47.8 Å². The number of sulfonamides is 1. The predicted octanol–water partition coefficient (Wildman–Crippen LogP) is 5.74. The number of nitrogens with zero attached hydrogens (tertiary/aromatic N) is 1. The number of anilines is 2. The summed E-state index contributed by atoms with van der Waals surface area (Å²) in [7, 11) is -3.95. The SMILES string of the molecule is C=CC(c1c(Cl)cccc1Cl)S(=O)(=O)Nc1nc(-c2ccc(NC(C)=O)cc2)cs1. The van der Waals surface area contributed by atoms with Crippen molar-refractivity contribution in [2.75, 3.05) is 10.0 Å². The molecular formula is C20H17Cl2N3O3S2. The number of carbonyl (C=O) groups is 1. The Hall–Kier alpha value is -2.39. The summed E-state index contributed by atoms with van der Waals surface area (Å²) in [6, 6.07) is 11.8. The number of rotatable bonds is 7. The van der Waals surface area contributed by atoms with E-state index < -0.39 is 15.3 Å². The third-order valence-corrected chi connectivity index (χ3v) is 7.19. The first-order valence-corrected chi connectivity index (χ1v) is 11.8. The molecule has 1 aromatic heterocycles. The molecule has 3 aromatic rings. The summed E-state index contributed by atoms with van der Waals surface area (Å²) in [4.78, 5) is 15.5. The van der Waals surface area contributed by atoms with Crippen molar-refractivity contribution in [3.05, 3.63) is 76.1 Å². The fourth-order valence-electron chi connectivity index (χ4n) is 2.75. The van der Waals surface area contributed by atoms with Crippen LogP contribution >= 0.6 is 34.5 Å². The lowest BCUT2D eigenvalue weighted by Gasteiger charge is -2.17. The summed E-state index contributed by atoms with van der Waals surface area (Å²) >= 11 is 13.5. The molecule has 10 heteroatoms. The summed E-state index contributed by atoms with van der Waals surface area (Å²) in [5.41, 5.74) is 2.29. The number of aromatic nitrogens is 1. The summed E-state index contributed by atoms with van der Waals surface area (Å²) in [6.07, 6.45) is 1.27. The van der Waals surface area contributed by atoms with E-state index in [-0.39, 0.29) is 26.6 Å². The van der Waals surface area contributed by atoms with Gasteiger partial charge in [-0.3, -0.25) is 9.52 Å². The minimum Gasteiger partial charge on any atom is -0.326 e. The van der Waals surface area contributed by atoms with Crippen molar-refractivity contribution in [2.45, 2.75) is 12.2 Å². The van der Waals surface area contributed by atoms with E-state index in [0.717, 1.165) is 16.9 Å². The van der Waals surface area contributed by atoms with Gasteiger partial charge in [0.2, 0.25) is 15.9 Å². The van der Waals surface area contributed by atoms with Gasteiger partial charge in [-0.05, 0) is 24.3 Å². The maximum atomic E-state index is 13.0. The summed E-state index contributed by atoms with van der Waals surface area (Å²) in [5, 5.41) is 3.93. The highest BCUT2D eigenvalue weighted by molar-refractivity contribution is 7.93. The fourth-order valence-corrected chi connectivity index (χ4v) is 5.85. The van der Waals surface area contributed by atoms with Gasteiger partial charge in [0.25, 0.3) is 0 Å². The van der Waals surface area contributed by atoms with Crippen LogP contribution in [0.15, 0.2) is 60.5 Å². The molecule has 1 unspecified atom stereocenters. The number of nitrogens with one attached hydrogen (secondary N) is 2. The van der Waals surface area contributed by atoms with Crippen LogP contribution in [-0.4, -0.2) is 19.3 Å². The van der Waals surface area contributed by atoms with Gasteiger partial charge in [-0.25, -0.2) is 13.4 Å². The van der Waals surface area contributed by atoms with E-state index in [9.17, 15) is 13.2 Å². The zero-order valence-corrected chi connectivity index (χ0v) is 18.9. The van der Waals surface area contributed by atoms with E-state index in [2.05, 4.69) is 21.6 Å². The second kappa shape index (κ2) is 9.18. The molecule has 1 heterocycles. The quantitative estimate of drug-likeness (QED) is 0.420. The zero-order valence-electron chi connectivity index (χ0n) is 15.7. The van der Waals surface area contributed by atoms with Crippen LogP contribution in [0, 0.1) is 0 Å². The molecule has 0 saturated heterocycles. The molecular weight excluding hydrogens is 465 g/mol. The Morgan fingerprint density at radius 2 is 1.80 bits per heavy atom. The van der Waals surface area contributed by atoms with Crippen LogP contribution in [0.1, 0.15) is 17.7 Å². The molecule has 6 nitrogen and oxygen atoms in total. The lowest BCUT2D eigenvalue weighted by molar-refractivity contribution is -0.114. The van der Waals surface area contributed by atoms with Crippen molar-refractivity contribution >= 4 is 61.3 Å². The molecule has 156 valence electrons. The maximum Gasteiger partial charge on any atom is 0.245 e. The highest BCUT2D eigenvalue weighted by Gasteiger charge is 2.29. The lowest BCUT2D eigenvalue weighted by atomic mass is 10.1. The topological polar surface area (TPSA) is 88.2 Å². The molecule has 30 heavy (non-hydrogen) atoms. The van der Waals surface area contributed by atoms with Crippen molar-refractivity contribution in [1.29, 1.82) is 0 Å². The standard InChI is InChI=1S/C20H17Cl2N3O3S2/c1-3-18(19-15(21)5-4-6-16(19)22)30(27,28)25-20-24-17(11-29-20)13-7-9-14(10-8-13)23-12(2)26/h3-11,18H,1H2,2H3,(H,23,26)(H,24,25). The second-order valence-electron chi connectivity index (χ2n) is 6.24. The third-order valence-electron chi connectivity index (χ3n) is 4.07. The van der Waals surface area contributed by atoms with Gasteiger partial charge in [0.05, 0.1) is 5.69 Å². The smallest absolute Gasteiger partial charge is 0.245 e. The van der Waals surface area contributed by atoms with Crippen molar-refractivity contribution in [3.63, 3.8) is 0 Å². The van der Waals surface area contributed by atoms with Gasteiger partial charge in [0, 0.05) is 39.2 Å². The Morgan fingerprint density at radius 3 is 2.37 bits per heavy atom. The Kier molecular flexibility index (Phi) is 6.82. The number of halogens is 2. The van der Waals surface area contributed by atoms with Crippen LogP contribution in [0.2, 0.25) is 10.0 Å². The normalized spacial score (nSPS) is 12.2. The van der Waals surface area contributed by atoms with E-state index in [4.69, 9.17) is 23.2 Å². The summed E-state index contributed by atoms with van der Waals surface area (Å²) in [6.45, 7) is 5.06. The fraction of sp³-hybridized carbons (Fsp3) is 0.100. The Bertz CT molecular complexity index is 1170. The van der Waals surface area contributed by atoms with E-state index in [1.807, 2.05) is 0 Å². The van der Waals surface area contributed by atoms with Crippen LogP contribution < -0.4 is 10.0 Å². The van der Waals surface area contributed by atoms with Crippen molar-refractivity contribution in [2.24, 2.45) is 0 Å². The molecule has 1 atom stereocenters. The van der Waals surface area contributed by atoms with E-state index >= 15 is 0 Å². The second-order valence-corrected chi connectivity index (χ2v) is 9.71. The highest BCUT2D eigenvalue weighted by atomic mass is 35.5. The van der Waals surface area contributed by atoms with E-state index in [1.165, 1.54) is 13.0 Å². The van der Waals surface area contributed by atoms with Gasteiger partial charge in [-0.1, -0.05) is 47.5 Å². The van der Waals surface area contributed by atoms with Gasteiger partial charge >= 0.3 is 0 Å². The third kappa shape index (κ3) is 5.02. The molecule has 0 saturated carbocycles. The number of amides is 1. The number of carbonyl (C=O) groups excluding carboxylic acids is 1. The first-order valence-electron chi connectivity index (χ1n) is 8.63. The molecule has 0 aliphatic rings. The number of thiazole rings is 1. The monoisotopic (exact) mass is 481 g/mol. The molecule has 2 aromatic carbocycles. The predicted molar refractivity (Wildman–Crippen MR) is 124 cm³/mol. The highest BCUT2D eigenvalue weighted by Crippen LogP contribution is 2.37. The van der Waals surface area contributed by atoms with Gasteiger partial charge in [0.15, 0.2) is 5.13 Å². The van der Waals surface area contributed by atoms with E-state index in [0.29, 0.717) is 11.4 Å². The molecule has 0 spiro atoms. The number of benzene rings is 2. The van der Waals surface area contributed by atoms with Crippen LogP contribution in [0.4, 0.5) is 10.8 Å². The zero-order chi connectivity index (χ0) is 21.9. The van der Waals surface area contributed by atoms with Crippen LogP contribution in [0.5, 0.6) is 0 Å². The van der Waals surface area contributed by atoms with Gasteiger partial charge in [0.1, 0.15) is 5.25 Å².